The average molecular weight is 378 g/mol. The first-order chi connectivity index (χ1) is 9.69. The van der Waals surface area contributed by atoms with Crippen LogP contribution in [0.3, 0.4) is 0 Å². The van der Waals surface area contributed by atoms with Crippen LogP contribution in [0.2, 0.25) is 0 Å². The van der Waals surface area contributed by atoms with Crippen LogP contribution in [0.25, 0.3) is 0 Å². The van der Waals surface area contributed by atoms with Crippen LogP contribution in [-0.2, 0) is 25.2 Å². The standard InChI is InChI=1S/C13H16BrNO5S/c1-15(6-5-13(17)18)12(16)9-21(19,20)8-10-3-2-4-11(14)7-10/h2-4,7H,5-6,8-9H2,1H3,(H,17,18). The van der Waals surface area contributed by atoms with Crippen LogP contribution in [0.5, 0.6) is 0 Å². The Kier molecular flexibility index (Phi) is 6.35. The van der Waals surface area contributed by atoms with Crippen molar-refractivity contribution in [3.05, 3.63) is 34.3 Å². The van der Waals surface area contributed by atoms with Gasteiger partial charge in [0.05, 0.1) is 12.2 Å². The number of sulfone groups is 1. The minimum atomic E-state index is -3.59. The van der Waals surface area contributed by atoms with Gasteiger partial charge in [0.15, 0.2) is 9.84 Å². The zero-order valence-electron chi connectivity index (χ0n) is 11.5. The normalized spacial score (nSPS) is 11.1. The lowest BCUT2D eigenvalue weighted by Gasteiger charge is -2.16. The fourth-order valence-electron chi connectivity index (χ4n) is 1.62. The molecule has 0 unspecified atom stereocenters. The van der Waals surface area contributed by atoms with Gasteiger partial charge >= 0.3 is 5.97 Å². The van der Waals surface area contributed by atoms with Gasteiger partial charge in [-0.3, -0.25) is 9.59 Å². The number of carbonyl (C=O) groups is 2. The van der Waals surface area contributed by atoms with Gasteiger partial charge in [-0.15, -0.1) is 0 Å². The highest BCUT2D eigenvalue weighted by Gasteiger charge is 2.20. The molecule has 1 amide bonds. The van der Waals surface area contributed by atoms with Crippen LogP contribution in [0.15, 0.2) is 28.7 Å². The predicted molar refractivity (Wildman–Crippen MR) is 81.5 cm³/mol. The number of nitrogens with zero attached hydrogens (tertiary/aromatic N) is 1. The van der Waals surface area contributed by atoms with Gasteiger partial charge in [-0.2, -0.15) is 0 Å². The molecule has 116 valence electrons. The van der Waals surface area contributed by atoms with Gasteiger partial charge in [-0.25, -0.2) is 8.42 Å². The summed E-state index contributed by atoms with van der Waals surface area (Å²) in [5, 5.41) is 8.54. The van der Waals surface area contributed by atoms with Gasteiger partial charge in [0.25, 0.3) is 0 Å². The fourth-order valence-corrected chi connectivity index (χ4v) is 3.45. The number of hydrogen-bond donors (Lipinski definition) is 1. The van der Waals surface area contributed by atoms with E-state index in [-0.39, 0.29) is 18.7 Å². The summed E-state index contributed by atoms with van der Waals surface area (Å²) in [4.78, 5) is 23.3. The van der Waals surface area contributed by atoms with Crippen molar-refractivity contribution in [3.8, 4) is 0 Å². The number of hydrogen-bond acceptors (Lipinski definition) is 4. The Morgan fingerprint density at radius 1 is 1.33 bits per heavy atom. The monoisotopic (exact) mass is 377 g/mol. The third-order valence-corrected chi connectivity index (χ3v) is 4.66. The summed E-state index contributed by atoms with van der Waals surface area (Å²) < 4.78 is 24.7. The Hall–Kier alpha value is -1.41. The summed E-state index contributed by atoms with van der Waals surface area (Å²) in [5.41, 5.74) is 0.588. The van der Waals surface area contributed by atoms with Crippen molar-refractivity contribution >= 4 is 37.6 Å². The molecule has 0 aromatic heterocycles. The smallest absolute Gasteiger partial charge is 0.305 e. The maximum atomic E-state index is 12.0. The SMILES string of the molecule is CN(CCC(=O)O)C(=O)CS(=O)(=O)Cc1cccc(Br)c1. The van der Waals surface area contributed by atoms with Gasteiger partial charge in [0.2, 0.25) is 5.91 Å². The van der Waals surface area contributed by atoms with Crippen LogP contribution in [0.1, 0.15) is 12.0 Å². The predicted octanol–water partition coefficient (Wildman–Crippen LogP) is 1.30. The molecule has 6 nitrogen and oxygen atoms in total. The Bertz CT molecular complexity index is 629. The van der Waals surface area contributed by atoms with E-state index in [1.165, 1.54) is 7.05 Å². The van der Waals surface area contributed by atoms with E-state index in [0.717, 1.165) is 9.37 Å². The second kappa shape index (κ2) is 7.56. The molecule has 0 atom stereocenters. The highest BCUT2D eigenvalue weighted by atomic mass is 79.9. The van der Waals surface area contributed by atoms with Gasteiger partial charge < -0.3 is 10.0 Å². The van der Waals surface area contributed by atoms with Crippen LogP contribution >= 0.6 is 15.9 Å². The van der Waals surface area contributed by atoms with Crippen molar-refractivity contribution < 1.29 is 23.1 Å². The molecule has 0 aliphatic carbocycles. The Labute approximate surface area is 131 Å². The molecule has 0 bridgehead atoms. The van der Waals surface area contributed by atoms with E-state index in [9.17, 15) is 18.0 Å². The van der Waals surface area contributed by atoms with E-state index in [4.69, 9.17) is 5.11 Å². The van der Waals surface area contributed by atoms with E-state index in [2.05, 4.69) is 15.9 Å². The molecule has 0 fully saturated rings. The molecular formula is C13H16BrNO5S. The van der Waals surface area contributed by atoms with E-state index in [1.807, 2.05) is 0 Å². The summed E-state index contributed by atoms with van der Waals surface area (Å²) in [6, 6.07) is 6.84. The summed E-state index contributed by atoms with van der Waals surface area (Å²) >= 11 is 3.25. The Morgan fingerprint density at radius 2 is 2.00 bits per heavy atom. The zero-order valence-corrected chi connectivity index (χ0v) is 13.9. The lowest BCUT2D eigenvalue weighted by Crippen LogP contribution is -2.34. The van der Waals surface area contributed by atoms with Crippen molar-refractivity contribution in [1.29, 1.82) is 0 Å². The maximum absolute atomic E-state index is 12.0. The second-order valence-electron chi connectivity index (χ2n) is 4.62. The number of amides is 1. The Morgan fingerprint density at radius 3 is 2.57 bits per heavy atom. The zero-order chi connectivity index (χ0) is 16.0. The van der Waals surface area contributed by atoms with E-state index < -0.39 is 27.5 Å². The summed E-state index contributed by atoms with van der Waals surface area (Å²) in [6.07, 6.45) is -0.214. The topological polar surface area (TPSA) is 91.8 Å². The molecule has 1 aromatic rings. The molecule has 0 aliphatic heterocycles. The molecule has 0 radical (unpaired) electrons. The van der Waals surface area contributed by atoms with Crippen LogP contribution in [-0.4, -0.2) is 49.6 Å². The van der Waals surface area contributed by atoms with Crippen molar-refractivity contribution in [1.82, 2.24) is 4.90 Å². The minimum absolute atomic E-state index is 0.0133. The maximum Gasteiger partial charge on any atom is 0.305 e. The van der Waals surface area contributed by atoms with Crippen molar-refractivity contribution in [2.45, 2.75) is 12.2 Å². The second-order valence-corrected chi connectivity index (χ2v) is 7.60. The molecule has 8 heteroatoms. The molecule has 1 rings (SSSR count). The number of benzene rings is 1. The Balaban J connectivity index is 2.63. The van der Waals surface area contributed by atoms with E-state index >= 15 is 0 Å². The largest absolute Gasteiger partial charge is 0.481 e. The first kappa shape index (κ1) is 17.6. The van der Waals surface area contributed by atoms with Crippen molar-refractivity contribution in [2.24, 2.45) is 0 Å². The van der Waals surface area contributed by atoms with Crippen LogP contribution < -0.4 is 0 Å². The number of halogens is 1. The molecular weight excluding hydrogens is 362 g/mol. The van der Waals surface area contributed by atoms with Gasteiger partial charge in [-0.05, 0) is 17.7 Å². The number of carboxylic acid groups (broad SMARTS) is 1. The van der Waals surface area contributed by atoms with E-state index in [1.54, 1.807) is 24.3 Å². The van der Waals surface area contributed by atoms with Crippen LogP contribution in [0, 0.1) is 0 Å². The third-order valence-electron chi connectivity index (χ3n) is 2.71. The van der Waals surface area contributed by atoms with Crippen molar-refractivity contribution in [3.63, 3.8) is 0 Å². The number of carbonyl (C=O) groups excluding carboxylic acids is 1. The molecule has 1 aromatic carbocycles. The average Bonchev–Trinajstić information content (AvgIpc) is 2.34. The molecule has 0 aliphatic rings. The number of carboxylic acids is 1. The van der Waals surface area contributed by atoms with Crippen molar-refractivity contribution in [2.75, 3.05) is 19.3 Å². The quantitative estimate of drug-likeness (QED) is 0.772. The molecule has 21 heavy (non-hydrogen) atoms. The first-order valence-electron chi connectivity index (χ1n) is 6.10. The molecule has 1 N–H and O–H groups in total. The van der Waals surface area contributed by atoms with E-state index in [0.29, 0.717) is 5.56 Å². The van der Waals surface area contributed by atoms with Crippen LogP contribution in [0.4, 0.5) is 0 Å². The number of aliphatic carboxylic acids is 1. The molecule has 0 spiro atoms. The first-order valence-corrected chi connectivity index (χ1v) is 8.71. The minimum Gasteiger partial charge on any atom is -0.481 e. The molecule has 0 saturated carbocycles. The highest BCUT2D eigenvalue weighted by molar-refractivity contribution is 9.10. The summed E-state index contributed by atoms with van der Waals surface area (Å²) in [5.74, 6) is -2.50. The summed E-state index contributed by atoms with van der Waals surface area (Å²) in [7, 11) is -2.20. The van der Waals surface area contributed by atoms with Gasteiger partial charge in [0, 0.05) is 18.1 Å². The fraction of sp³-hybridized carbons (Fsp3) is 0.385. The molecule has 0 heterocycles. The highest BCUT2D eigenvalue weighted by Crippen LogP contribution is 2.14. The summed E-state index contributed by atoms with van der Waals surface area (Å²) in [6.45, 7) is -0.0133. The molecule has 0 saturated heterocycles. The third kappa shape index (κ3) is 6.72. The number of rotatable bonds is 7. The van der Waals surface area contributed by atoms with Gasteiger partial charge in [0.1, 0.15) is 5.75 Å². The lowest BCUT2D eigenvalue weighted by atomic mass is 10.2. The van der Waals surface area contributed by atoms with Gasteiger partial charge in [-0.1, -0.05) is 28.1 Å². The lowest BCUT2D eigenvalue weighted by molar-refractivity contribution is -0.137.